The van der Waals surface area contributed by atoms with Gasteiger partial charge in [-0.3, -0.25) is 0 Å². The van der Waals surface area contributed by atoms with Crippen LogP contribution in [0.25, 0.3) is 0 Å². The normalized spacial score (nSPS) is 10.5. The molecule has 0 saturated carbocycles. The molecule has 1 aromatic heterocycles. The van der Waals surface area contributed by atoms with Crippen LogP contribution in [0.15, 0.2) is 22.6 Å². The van der Waals surface area contributed by atoms with E-state index in [1.165, 1.54) is 23.8 Å². The summed E-state index contributed by atoms with van der Waals surface area (Å²) in [4.78, 5) is 11.6. The zero-order valence-electron chi connectivity index (χ0n) is 13.2. The molecule has 0 aliphatic carbocycles. The summed E-state index contributed by atoms with van der Waals surface area (Å²) < 4.78 is 10.3. The SMILES string of the molecule is COC(=O)c1cc(CNc2c(C)cc(C)cc2C)oc1C. The van der Waals surface area contributed by atoms with Gasteiger partial charge in [0.2, 0.25) is 0 Å². The third-order valence-corrected chi connectivity index (χ3v) is 3.49. The minimum absolute atomic E-state index is 0.370. The Morgan fingerprint density at radius 1 is 1.14 bits per heavy atom. The number of anilines is 1. The van der Waals surface area contributed by atoms with Gasteiger partial charge in [-0.1, -0.05) is 17.7 Å². The smallest absolute Gasteiger partial charge is 0.341 e. The van der Waals surface area contributed by atoms with Gasteiger partial charge in [-0.2, -0.15) is 0 Å². The number of aryl methyl sites for hydroxylation is 4. The van der Waals surface area contributed by atoms with Crippen LogP contribution < -0.4 is 5.32 Å². The number of methoxy groups -OCH3 is 1. The topological polar surface area (TPSA) is 51.5 Å². The summed E-state index contributed by atoms with van der Waals surface area (Å²) in [6, 6.07) is 6.01. The van der Waals surface area contributed by atoms with Gasteiger partial charge in [0, 0.05) is 5.69 Å². The average Bonchev–Trinajstić information content (AvgIpc) is 2.78. The fourth-order valence-electron chi connectivity index (χ4n) is 2.58. The van der Waals surface area contributed by atoms with Crippen LogP contribution >= 0.6 is 0 Å². The summed E-state index contributed by atoms with van der Waals surface area (Å²) in [5.41, 5.74) is 5.23. The van der Waals surface area contributed by atoms with Gasteiger partial charge in [-0.25, -0.2) is 4.79 Å². The second-order valence-corrected chi connectivity index (χ2v) is 5.30. The van der Waals surface area contributed by atoms with Crippen molar-refractivity contribution in [3.05, 3.63) is 52.0 Å². The molecule has 112 valence electrons. The van der Waals surface area contributed by atoms with Crippen molar-refractivity contribution in [1.29, 1.82) is 0 Å². The van der Waals surface area contributed by atoms with Crippen molar-refractivity contribution in [3.63, 3.8) is 0 Å². The third kappa shape index (κ3) is 3.27. The molecule has 4 nitrogen and oxygen atoms in total. The van der Waals surface area contributed by atoms with Crippen LogP contribution in [0, 0.1) is 27.7 Å². The predicted molar refractivity (Wildman–Crippen MR) is 82.8 cm³/mol. The van der Waals surface area contributed by atoms with E-state index in [4.69, 9.17) is 9.15 Å². The summed E-state index contributed by atoms with van der Waals surface area (Å²) in [5.74, 6) is 0.925. The summed E-state index contributed by atoms with van der Waals surface area (Å²) in [7, 11) is 1.37. The molecule has 0 unspecified atom stereocenters. The van der Waals surface area contributed by atoms with Gasteiger partial charge in [-0.15, -0.1) is 0 Å². The molecule has 21 heavy (non-hydrogen) atoms. The van der Waals surface area contributed by atoms with Crippen LogP contribution in [0.4, 0.5) is 5.69 Å². The standard InChI is InChI=1S/C17H21NO3/c1-10-6-11(2)16(12(3)7-10)18-9-14-8-15(13(4)21-14)17(19)20-5/h6-8,18H,9H2,1-5H3. The first-order chi connectivity index (χ1) is 9.92. The fraction of sp³-hybridized carbons (Fsp3) is 0.353. The van der Waals surface area contributed by atoms with E-state index in [-0.39, 0.29) is 5.97 Å². The minimum Gasteiger partial charge on any atom is -0.465 e. The first kappa shape index (κ1) is 15.2. The molecule has 0 atom stereocenters. The molecule has 0 radical (unpaired) electrons. The lowest BCUT2D eigenvalue weighted by molar-refractivity contribution is 0.0599. The van der Waals surface area contributed by atoms with E-state index in [2.05, 4.69) is 38.2 Å². The summed E-state index contributed by atoms with van der Waals surface area (Å²) in [5, 5.41) is 3.38. The van der Waals surface area contributed by atoms with Gasteiger partial charge < -0.3 is 14.5 Å². The maximum Gasteiger partial charge on any atom is 0.341 e. The predicted octanol–water partition coefficient (Wildman–Crippen LogP) is 3.91. The number of carbonyl (C=O) groups is 1. The molecule has 0 fully saturated rings. The van der Waals surface area contributed by atoms with Crippen molar-refractivity contribution in [3.8, 4) is 0 Å². The van der Waals surface area contributed by atoms with E-state index in [9.17, 15) is 4.79 Å². The number of hydrogen-bond acceptors (Lipinski definition) is 4. The van der Waals surface area contributed by atoms with Crippen LogP contribution in [0.3, 0.4) is 0 Å². The van der Waals surface area contributed by atoms with Gasteiger partial charge in [0.05, 0.1) is 13.7 Å². The molecule has 0 bridgehead atoms. The van der Waals surface area contributed by atoms with Gasteiger partial charge in [0.1, 0.15) is 17.1 Å². The number of nitrogens with one attached hydrogen (secondary N) is 1. The first-order valence-corrected chi connectivity index (χ1v) is 6.91. The minimum atomic E-state index is -0.370. The Balaban J connectivity index is 2.16. The van der Waals surface area contributed by atoms with E-state index in [1.54, 1.807) is 13.0 Å². The molecule has 2 aromatic rings. The Bertz CT molecular complexity index is 648. The maximum absolute atomic E-state index is 11.6. The molecule has 0 saturated heterocycles. The zero-order valence-corrected chi connectivity index (χ0v) is 13.2. The van der Waals surface area contributed by atoms with Crippen molar-refractivity contribution >= 4 is 11.7 Å². The number of rotatable bonds is 4. The Hall–Kier alpha value is -2.23. The van der Waals surface area contributed by atoms with Gasteiger partial charge in [-0.05, 0) is 44.9 Å². The lowest BCUT2D eigenvalue weighted by atomic mass is 10.1. The van der Waals surface area contributed by atoms with Crippen molar-refractivity contribution in [2.45, 2.75) is 34.2 Å². The van der Waals surface area contributed by atoms with E-state index < -0.39 is 0 Å². The van der Waals surface area contributed by atoms with Crippen LogP contribution in [0.2, 0.25) is 0 Å². The van der Waals surface area contributed by atoms with E-state index >= 15 is 0 Å². The van der Waals surface area contributed by atoms with Crippen LogP contribution in [0.5, 0.6) is 0 Å². The average molecular weight is 287 g/mol. The molecule has 0 spiro atoms. The van der Waals surface area contributed by atoms with Crippen LogP contribution in [-0.2, 0) is 11.3 Å². The zero-order chi connectivity index (χ0) is 15.6. The van der Waals surface area contributed by atoms with Crippen LogP contribution in [-0.4, -0.2) is 13.1 Å². The molecule has 2 rings (SSSR count). The number of ether oxygens (including phenoxy) is 1. The Labute approximate surface area is 125 Å². The highest BCUT2D eigenvalue weighted by atomic mass is 16.5. The van der Waals surface area contributed by atoms with Gasteiger partial charge in [0.25, 0.3) is 0 Å². The van der Waals surface area contributed by atoms with Gasteiger partial charge in [0.15, 0.2) is 0 Å². The van der Waals surface area contributed by atoms with E-state index in [1.807, 2.05) is 0 Å². The first-order valence-electron chi connectivity index (χ1n) is 6.91. The number of benzene rings is 1. The molecule has 0 aliphatic rings. The monoisotopic (exact) mass is 287 g/mol. The number of hydrogen-bond donors (Lipinski definition) is 1. The van der Waals surface area contributed by atoms with Crippen LogP contribution in [0.1, 0.15) is 38.6 Å². The molecule has 1 heterocycles. The van der Waals surface area contributed by atoms with Crippen molar-refractivity contribution in [1.82, 2.24) is 0 Å². The summed E-state index contributed by atoms with van der Waals surface area (Å²) >= 11 is 0. The van der Waals surface area contributed by atoms with Gasteiger partial charge >= 0.3 is 5.97 Å². The molecule has 0 amide bonds. The molecule has 1 aromatic carbocycles. The molecular formula is C17H21NO3. The van der Waals surface area contributed by atoms with Crippen molar-refractivity contribution in [2.24, 2.45) is 0 Å². The molecule has 4 heteroatoms. The Morgan fingerprint density at radius 2 is 1.76 bits per heavy atom. The van der Waals surface area contributed by atoms with E-state index in [0.29, 0.717) is 23.6 Å². The molecular weight excluding hydrogens is 266 g/mol. The Kier molecular flexibility index (Phi) is 4.36. The molecule has 0 aliphatic heterocycles. The van der Waals surface area contributed by atoms with Crippen molar-refractivity contribution in [2.75, 3.05) is 12.4 Å². The summed E-state index contributed by atoms with van der Waals surface area (Å²) in [6.45, 7) is 8.54. The molecule has 1 N–H and O–H groups in total. The maximum atomic E-state index is 11.6. The van der Waals surface area contributed by atoms with Crippen molar-refractivity contribution < 1.29 is 13.9 Å². The number of furan rings is 1. The van der Waals surface area contributed by atoms with E-state index in [0.717, 1.165) is 5.69 Å². The Morgan fingerprint density at radius 3 is 2.33 bits per heavy atom. The third-order valence-electron chi connectivity index (χ3n) is 3.49. The highest BCUT2D eigenvalue weighted by molar-refractivity contribution is 5.90. The highest BCUT2D eigenvalue weighted by Crippen LogP contribution is 2.23. The number of carbonyl (C=O) groups excluding carboxylic acids is 1. The largest absolute Gasteiger partial charge is 0.465 e. The lowest BCUT2D eigenvalue weighted by Crippen LogP contribution is -2.03. The number of esters is 1. The summed E-state index contributed by atoms with van der Waals surface area (Å²) in [6.07, 6.45) is 0. The highest BCUT2D eigenvalue weighted by Gasteiger charge is 2.15. The second kappa shape index (κ2) is 6.04. The second-order valence-electron chi connectivity index (χ2n) is 5.30. The fourth-order valence-corrected chi connectivity index (χ4v) is 2.58. The lowest BCUT2D eigenvalue weighted by Gasteiger charge is -2.12. The quantitative estimate of drug-likeness (QED) is 0.866.